The Hall–Kier alpha value is -1.30. The lowest BCUT2D eigenvalue weighted by molar-refractivity contribution is -0.119. The molecule has 1 atom stereocenters. The zero-order valence-electron chi connectivity index (χ0n) is 11.5. The van der Waals surface area contributed by atoms with Crippen molar-refractivity contribution in [3.05, 3.63) is 23.9 Å². The molecule has 1 unspecified atom stereocenters. The van der Waals surface area contributed by atoms with Crippen molar-refractivity contribution in [2.75, 3.05) is 24.5 Å². The summed E-state index contributed by atoms with van der Waals surface area (Å²) in [4.78, 5) is 5.38. The van der Waals surface area contributed by atoms with Gasteiger partial charge in [0.25, 0.3) is 0 Å². The van der Waals surface area contributed by atoms with Gasteiger partial charge in [-0.1, -0.05) is 13.0 Å². The number of alkyl halides is 3. The summed E-state index contributed by atoms with van der Waals surface area (Å²) >= 11 is 0. The number of pyridine rings is 1. The Morgan fingerprint density at radius 3 is 2.58 bits per heavy atom. The van der Waals surface area contributed by atoms with E-state index in [1.807, 2.05) is 19.9 Å². The molecule has 19 heavy (non-hydrogen) atoms. The summed E-state index contributed by atoms with van der Waals surface area (Å²) in [5.41, 5.74) is 0.787. The minimum Gasteiger partial charge on any atom is -0.348 e. The molecular formula is C13H20F3N3. The monoisotopic (exact) mass is 275 g/mol. The molecule has 0 bridgehead atoms. The Morgan fingerprint density at radius 1 is 1.37 bits per heavy atom. The van der Waals surface area contributed by atoms with Crippen molar-refractivity contribution in [3.8, 4) is 0 Å². The zero-order valence-corrected chi connectivity index (χ0v) is 11.5. The summed E-state index contributed by atoms with van der Waals surface area (Å²) in [6, 6.07) is 3.53. The van der Waals surface area contributed by atoms with E-state index < -0.39 is 12.7 Å². The molecule has 1 aromatic heterocycles. The van der Waals surface area contributed by atoms with E-state index in [2.05, 4.69) is 10.3 Å². The summed E-state index contributed by atoms with van der Waals surface area (Å²) in [5.74, 6) is 0.399. The highest BCUT2D eigenvalue weighted by atomic mass is 19.4. The van der Waals surface area contributed by atoms with Crippen LogP contribution in [0.4, 0.5) is 19.0 Å². The number of hydrogen-bond donors (Lipinski definition) is 1. The first-order valence-electron chi connectivity index (χ1n) is 6.39. The standard InChI is InChI=1S/C13H20F3N3/c1-4-17-10(3)11-7-6-8-18-12(11)19(5-2)9-13(14,15)16/h6-8,10,17H,4-5,9H2,1-3H3. The lowest BCUT2D eigenvalue weighted by Gasteiger charge is -2.27. The van der Waals surface area contributed by atoms with Gasteiger partial charge < -0.3 is 10.2 Å². The molecule has 1 N–H and O–H groups in total. The smallest absolute Gasteiger partial charge is 0.348 e. The van der Waals surface area contributed by atoms with Gasteiger partial charge in [-0.05, 0) is 26.5 Å². The summed E-state index contributed by atoms with van der Waals surface area (Å²) < 4.78 is 37.7. The second-order valence-corrected chi connectivity index (χ2v) is 4.32. The minimum absolute atomic E-state index is 0.0315. The first-order chi connectivity index (χ1) is 8.89. The lowest BCUT2D eigenvalue weighted by atomic mass is 10.1. The van der Waals surface area contributed by atoms with Gasteiger partial charge in [-0.15, -0.1) is 0 Å². The lowest BCUT2D eigenvalue weighted by Crippen LogP contribution is -2.36. The van der Waals surface area contributed by atoms with Crippen LogP contribution in [0.1, 0.15) is 32.4 Å². The number of nitrogens with one attached hydrogen (secondary N) is 1. The van der Waals surface area contributed by atoms with Gasteiger partial charge in [-0.2, -0.15) is 13.2 Å². The zero-order chi connectivity index (χ0) is 14.5. The molecule has 0 spiro atoms. The van der Waals surface area contributed by atoms with Crippen LogP contribution in [0, 0.1) is 0 Å². The average Bonchev–Trinajstić information content (AvgIpc) is 2.35. The number of hydrogen-bond acceptors (Lipinski definition) is 3. The summed E-state index contributed by atoms with van der Waals surface area (Å²) in [6.07, 6.45) is -2.71. The summed E-state index contributed by atoms with van der Waals surface area (Å²) in [6.45, 7) is 5.61. The molecule has 1 aromatic rings. The molecule has 0 aromatic carbocycles. The maximum atomic E-state index is 12.6. The van der Waals surface area contributed by atoms with Gasteiger partial charge in [-0.3, -0.25) is 0 Å². The highest BCUT2D eigenvalue weighted by Crippen LogP contribution is 2.26. The Bertz CT molecular complexity index is 393. The molecule has 0 amide bonds. The van der Waals surface area contributed by atoms with Gasteiger partial charge >= 0.3 is 6.18 Å². The second-order valence-electron chi connectivity index (χ2n) is 4.32. The highest BCUT2D eigenvalue weighted by Gasteiger charge is 2.31. The number of halogens is 3. The van der Waals surface area contributed by atoms with Crippen LogP contribution in [0.25, 0.3) is 0 Å². The van der Waals surface area contributed by atoms with Crippen molar-refractivity contribution < 1.29 is 13.2 Å². The van der Waals surface area contributed by atoms with Gasteiger partial charge in [0.2, 0.25) is 0 Å². The molecule has 0 radical (unpaired) electrons. The molecule has 0 fully saturated rings. The number of rotatable bonds is 6. The van der Waals surface area contributed by atoms with Crippen LogP contribution in [0.2, 0.25) is 0 Å². The van der Waals surface area contributed by atoms with E-state index in [-0.39, 0.29) is 12.6 Å². The maximum absolute atomic E-state index is 12.6. The fourth-order valence-electron chi connectivity index (χ4n) is 1.98. The first-order valence-corrected chi connectivity index (χ1v) is 6.39. The molecule has 6 heteroatoms. The third-order valence-corrected chi connectivity index (χ3v) is 2.85. The van der Waals surface area contributed by atoms with Gasteiger partial charge in [-0.25, -0.2) is 4.98 Å². The van der Waals surface area contributed by atoms with Crippen LogP contribution >= 0.6 is 0 Å². The Labute approximate surface area is 111 Å². The third kappa shape index (κ3) is 4.70. The average molecular weight is 275 g/mol. The molecule has 0 aliphatic carbocycles. The van der Waals surface area contributed by atoms with Gasteiger partial charge in [0.1, 0.15) is 12.4 Å². The fraction of sp³-hybridized carbons (Fsp3) is 0.615. The molecule has 3 nitrogen and oxygen atoms in total. The molecule has 0 saturated carbocycles. The van der Waals surface area contributed by atoms with Gasteiger partial charge in [0.05, 0.1) is 0 Å². The van der Waals surface area contributed by atoms with E-state index >= 15 is 0 Å². The fourth-order valence-corrected chi connectivity index (χ4v) is 1.98. The molecule has 108 valence electrons. The van der Waals surface area contributed by atoms with Crippen LogP contribution in [-0.4, -0.2) is 30.8 Å². The van der Waals surface area contributed by atoms with Crippen molar-refractivity contribution in [2.24, 2.45) is 0 Å². The largest absolute Gasteiger partial charge is 0.405 e. The van der Waals surface area contributed by atoms with E-state index in [4.69, 9.17) is 0 Å². The molecule has 1 heterocycles. The molecule has 0 saturated heterocycles. The molecular weight excluding hydrogens is 255 g/mol. The van der Waals surface area contributed by atoms with Crippen LogP contribution in [0.3, 0.4) is 0 Å². The predicted molar refractivity (Wildman–Crippen MR) is 70.3 cm³/mol. The summed E-state index contributed by atoms with van der Waals surface area (Å²) in [7, 11) is 0. The van der Waals surface area contributed by atoms with Crippen LogP contribution < -0.4 is 10.2 Å². The second kappa shape index (κ2) is 6.75. The van der Waals surface area contributed by atoms with E-state index in [0.29, 0.717) is 5.82 Å². The van der Waals surface area contributed by atoms with E-state index in [1.165, 1.54) is 11.1 Å². The van der Waals surface area contributed by atoms with Crippen molar-refractivity contribution in [3.63, 3.8) is 0 Å². The molecule has 1 rings (SSSR count). The number of nitrogens with zero attached hydrogens (tertiary/aromatic N) is 2. The number of aromatic nitrogens is 1. The third-order valence-electron chi connectivity index (χ3n) is 2.85. The quantitative estimate of drug-likeness (QED) is 0.864. The maximum Gasteiger partial charge on any atom is 0.405 e. The molecule has 0 aliphatic rings. The van der Waals surface area contributed by atoms with Crippen molar-refractivity contribution in [2.45, 2.75) is 33.0 Å². The number of anilines is 1. The van der Waals surface area contributed by atoms with Gasteiger partial charge in [0.15, 0.2) is 0 Å². The Balaban J connectivity index is 3.03. The van der Waals surface area contributed by atoms with Gasteiger partial charge in [0, 0.05) is 24.3 Å². The van der Waals surface area contributed by atoms with Crippen molar-refractivity contribution >= 4 is 5.82 Å². The predicted octanol–water partition coefficient (Wildman–Crippen LogP) is 3.14. The topological polar surface area (TPSA) is 28.2 Å². The summed E-state index contributed by atoms with van der Waals surface area (Å²) in [5, 5.41) is 3.20. The van der Waals surface area contributed by atoms with E-state index in [1.54, 1.807) is 13.0 Å². The van der Waals surface area contributed by atoms with Crippen LogP contribution in [0.5, 0.6) is 0 Å². The normalized spacial score (nSPS) is 13.4. The molecule has 0 aliphatic heterocycles. The van der Waals surface area contributed by atoms with Crippen LogP contribution in [-0.2, 0) is 0 Å². The minimum atomic E-state index is -4.23. The van der Waals surface area contributed by atoms with Crippen molar-refractivity contribution in [1.29, 1.82) is 0 Å². The van der Waals surface area contributed by atoms with E-state index in [9.17, 15) is 13.2 Å². The highest BCUT2D eigenvalue weighted by molar-refractivity contribution is 5.48. The van der Waals surface area contributed by atoms with Crippen molar-refractivity contribution in [1.82, 2.24) is 10.3 Å². The van der Waals surface area contributed by atoms with Crippen LogP contribution in [0.15, 0.2) is 18.3 Å². The SMILES string of the molecule is CCNC(C)c1cccnc1N(CC)CC(F)(F)F. The Morgan fingerprint density at radius 2 is 2.05 bits per heavy atom. The Kier molecular flexibility index (Phi) is 5.60. The van der Waals surface area contributed by atoms with E-state index in [0.717, 1.165) is 12.1 Å². The first kappa shape index (κ1) is 15.8.